The third-order valence-corrected chi connectivity index (χ3v) is 21.0. The van der Waals surface area contributed by atoms with Crippen molar-refractivity contribution in [1.29, 1.82) is 0 Å². The van der Waals surface area contributed by atoms with E-state index >= 15 is 0 Å². The average molecular weight is 1350 g/mol. The molecule has 0 N–H and O–H groups in total. The molecule has 0 aromatic heterocycles. The Morgan fingerprint density at radius 1 is 0.179 bits per heavy atom. The minimum atomic E-state index is 0.930. The van der Waals surface area contributed by atoms with Gasteiger partial charge in [-0.3, -0.25) is 0 Å². The minimum Gasteiger partial charge on any atom is -0.310 e. The van der Waals surface area contributed by atoms with Gasteiger partial charge >= 0.3 is 0 Å². The van der Waals surface area contributed by atoms with E-state index in [0.29, 0.717) is 0 Å². The van der Waals surface area contributed by atoms with Gasteiger partial charge in [-0.2, -0.15) is 0 Å². The van der Waals surface area contributed by atoms with Crippen LogP contribution < -0.4 is 9.80 Å². The van der Waals surface area contributed by atoms with E-state index in [2.05, 4.69) is 434 Å². The molecule has 0 saturated heterocycles. The average Bonchev–Trinajstić information content (AvgIpc) is 0.730. The second-order valence-electron chi connectivity index (χ2n) is 27.4. The van der Waals surface area contributed by atoms with Crippen LogP contribution in [-0.4, -0.2) is 0 Å². The van der Waals surface area contributed by atoms with E-state index in [0.717, 1.165) is 74.8 Å². The molecule has 0 radical (unpaired) electrons. The summed E-state index contributed by atoms with van der Waals surface area (Å²) >= 11 is 0. The number of nitrogens with zero attached hydrogens (tertiary/aromatic N) is 2. The van der Waals surface area contributed by atoms with Crippen molar-refractivity contribution in [2.75, 3.05) is 9.80 Å². The maximum absolute atomic E-state index is 2.42. The Morgan fingerprint density at radius 3 is 0.774 bits per heavy atom. The van der Waals surface area contributed by atoms with Crippen LogP contribution in [0, 0.1) is 0 Å². The zero-order valence-corrected chi connectivity index (χ0v) is 58.7. The van der Waals surface area contributed by atoms with Crippen molar-refractivity contribution in [2.24, 2.45) is 0 Å². The highest BCUT2D eigenvalue weighted by atomic mass is 15.1. The Labute approximate surface area is 621 Å². The number of hydrogen-bond acceptors (Lipinski definition) is 2. The van der Waals surface area contributed by atoms with Crippen molar-refractivity contribution in [3.05, 3.63) is 430 Å². The first kappa shape index (κ1) is 64.4. The number of benzene rings is 17. The van der Waals surface area contributed by atoms with Gasteiger partial charge in [0.2, 0.25) is 0 Å². The van der Waals surface area contributed by atoms with Gasteiger partial charge in [0, 0.05) is 34.1 Å². The van der Waals surface area contributed by atoms with E-state index < -0.39 is 0 Å². The summed E-state index contributed by atoms with van der Waals surface area (Å²) in [6.45, 7) is 0. The van der Waals surface area contributed by atoms with Crippen LogP contribution in [0.2, 0.25) is 0 Å². The summed E-state index contributed by atoms with van der Waals surface area (Å²) in [5.41, 5.74) is 35.4. The fraction of sp³-hybridized carbons (Fsp3) is 0.0192. The zero-order valence-electron chi connectivity index (χ0n) is 58.7. The molecule has 1 aliphatic rings. The molecular weight excluding hydrogens is 1280 g/mol. The van der Waals surface area contributed by atoms with Crippen LogP contribution >= 0.6 is 0 Å². The second kappa shape index (κ2) is 29.0. The summed E-state index contributed by atoms with van der Waals surface area (Å²) in [6.07, 6.45) is 6.66. The quantitative estimate of drug-likeness (QED) is 0.0896. The summed E-state index contributed by atoms with van der Waals surface area (Å²) in [7, 11) is 0. The molecule has 17 aromatic carbocycles. The first-order valence-electron chi connectivity index (χ1n) is 36.7. The van der Waals surface area contributed by atoms with Crippen molar-refractivity contribution in [3.63, 3.8) is 0 Å². The predicted octanol–water partition coefficient (Wildman–Crippen LogP) is 29.1. The minimum absolute atomic E-state index is 0.930. The summed E-state index contributed by atoms with van der Waals surface area (Å²) < 4.78 is 0. The first-order chi connectivity index (χ1) is 52.6. The monoisotopic (exact) mass is 1350 g/mol. The molecule has 0 heterocycles. The van der Waals surface area contributed by atoms with Crippen LogP contribution in [0.15, 0.2) is 419 Å². The zero-order chi connectivity index (χ0) is 70.5. The van der Waals surface area contributed by atoms with E-state index in [4.69, 9.17) is 0 Å². The fourth-order valence-electron chi connectivity index (χ4n) is 15.7. The Kier molecular flexibility index (Phi) is 17.6. The van der Waals surface area contributed by atoms with Crippen LogP contribution in [0.4, 0.5) is 34.1 Å². The largest absolute Gasteiger partial charge is 0.310 e. The van der Waals surface area contributed by atoms with Crippen LogP contribution in [0.25, 0.3) is 139 Å². The smallest absolute Gasteiger partial charge is 0.0468 e. The molecule has 2 nitrogen and oxygen atoms in total. The van der Waals surface area contributed by atoms with E-state index in [-0.39, 0.29) is 0 Å². The van der Waals surface area contributed by atoms with E-state index in [1.807, 2.05) is 0 Å². The van der Waals surface area contributed by atoms with Gasteiger partial charge in [0.15, 0.2) is 0 Å². The summed E-state index contributed by atoms with van der Waals surface area (Å²) in [4.78, 5) is 4.81. The van der Waals surface area contributed by atoms with Gasteiger partial charge in [-0.15, -0.1) is 0 Å². The lowest BCUT2D eigenvalue weighted by Crippen LogP contribution is -2.10. The Hall–Kier alpha value is -13.7. The molecule has 0 saturated carbocycles. The third-order valence-electron chi connectivity index (χ3n) is 21.0. The maximum Gasteiger partial charge on any atom is 0.0468 e. The van der Waals surface area contributed by atoms with Gasteiger partial charge in [-0.05, 0) is 230 Å². The normalized spacial score (nSPS) is 11.7. The van der Waals surface area contributed by atoms with Crippen LogP contribution in [-0.2, 0) is 6.42 Å². The summed E-state index contributed by atoms with van der Waals surface area (Å²) in [5.74, 6) is 0. The van der Waals surface area contributed by atoms with Gasteiger partial charge in [0.05, 0.1) is 0 Å². The van der Waals surface area contributed by atoms with Crippen molar-refractivity contribution in [3.8, 4) is 122 Å². The number of fused-ring (bicyclic) bond motifs is 2. The molecule has 17 aromatic rings. The van der Waals surface area contributed by atoms with Crippen molar-refractivity contribution in [2.45, 2.75) is 12.8 Å². The number of allylic oxidation sites excluding steroid dienone is 1. The molecule has 0 spiro atoms. The highest BCUT2D eigenvalue weighted by Gasteiger charge is 2.26. The molecule has 0 fully saturated rings. The molecule has 106 heavy (non-hydrogen) atoms. The Bertz CT molecular complexity index is 5860. The van der Waals surface area contributed by atoms with Gasteiger partial charge < -0.3 is 9.80 Å². The molecule has 1 aliphatic carbocycles. The third kappa shape index (κ3) is 12.9. The van der Waals surface area contributed by atoms with E-state index in [1.165, 1.54) is 116 Å². The lowest BCUT2D eigenvalue weighted by molar-refractivity contribution is 0.991. The molecule has 18 rings (SSSR count). The van der Waals surface area contributed by atoms with Crippen LogP contribution in [0.3, 0.4) is 0 Å². The van der Waals surface area contributed by atoms with Gasteiger partial charge in [0.1, 0.15) is 0 Å². The Morgan fingerprint density at radius 2 is 0.425 bits per heavy atom. The molecule has 0 amide bonds. The molecule has 0 unspecified atom stereocenters. The SMILES string of the molecule is C1=Cc2c(c(-c3ccc(N(c4ccc(-c5ccccc5)cc4)c4ccc(-c5ccccc5)cc4)cc3-c3ccccc3)c3ccccc3c2-c2ccc(-c3ccc(N(c4ccc(-c5ccccc5)cc4)c4ccc(-c5ccc(-c6ccc(-c7ccccc7)cc6)cc5)c(-c5ccccc5)c4)cc3)cc2)CC1. The fourth-order valence-corrected chi connectivity index (χ4v) is 15.7. The molecule has 0 atom stereocenters. The number of anilines is 6. The predicted molar refractivity (Wildman–Crippen MR) is 450 cm³/mol. The highest BCUT2D eigenvalue weighted by Crippen LogP contribution is 2.50. The second-order valence-corrected chi connectivity index (χ2v) is 27.4. The molecule has 500 valence electrons. The van der Waals surface area contributed by atoms with Gasteiger partial charge in [-0.1, -0.05) is 352 Å². The van der Waals surface area contributed by atoms with Crippen LogP contribution in [0.1, 0.15) is 17.5 Å². The first-order valence-corrected chi connectivity index (χ1v) is 36.7. The lowest BCUT2D eigenvalue weighted by Gasteiger charge is -2.28. The highest BCUT2D eigenvalue weighted by molar-refractivity contribution is 6.12. The van der Waals surface area contributed by atoms with Crippen molar-refractivity contribution < 1.29 is 0 Å². The van der Waals surface area contributed by atoms with E-state index in [1.54, 1.807) is 0 Å². The molecule has 0 aliphatic heterocycles. The number of hydrogen-bond donors (Lipinski definition) is 0. The van der Waals surface area contributed by atoms with E-state index in [9.17, 15) is 0 Å². The van der Waals surface area contributed by atoms with Crippen molar-refractivity contribution >= 4 is 51.0 Å². The van der Waals surface area contributed by atoms with Crippen LogP contribution in [0.5, 0.6) is 0 Å². The molecule has 0 bridgehead atoms. The number of rotatable bonds is 17. The Balaban J connectivity index is 0.691. The topological polar surface area (TPSA) is 6.48 Å². The molecular formula is C104H74N2. The van der Waals surface area contributed by atoms with Gasteiger partial charge in [0.25, 0.3) is 0 Å². The van der Waals surface area contributed by atoms with Gasteiger partial charge in [-0.25, -0.2) is 0 Å². The molecule has 2 heteroatoms. The standard InChI is InChI=1S/C104H74N2/c1-7-23-73(24-8-1)77-39-41-78(42-40-77)79-43-47-87(48-44-79)95-69-67-93(71-101(95)85-31-15-5-16-32-85)105(89-59-51-81(52-60-89)74-25-9-2-10-26-74)92-65-57-84(58-66-92)80-45-49-88(50-46-80)103-96-35-19-21-37-98(96)104(99-38-22-20-36-97(99)103)100-70-68-94(72-102(100)86-33-17-6-18-34-86)106(90-61-53-82(54-62-90)75-27-11-3-12-28-75)91-63-55-83(56-64-91)76-29-13-4-14-30-76/h1-21,23-37,39-72H,22,38H2. The lowest BCUT2D eigenvalue weighted by atomic mass is 9.78. The summed E-state index contributed by atoms with van der Waals surface area (Å²) in [5, 5.41) is 2.49. The maximum atomic E-state index is 2.42. The van der Waals surface area contributed by atoms with Crippen molar-refractivity contribution in [1.82, 2.24) is 0 Å². The summed E-state index contributed by atoms with van der Waals surface area (Å²) in [6, 6.07) is 151.